The zero-order valence-corrected chi connectivity index (χ0v) is 10.2. The van der Waals surface area contributed by atoms with Gasteiger partial charge in [-0.25, -0.2) is 0 Å². The van der Waals surface area contributed by atoms with Crippen LogP contribution in [0, 0.1) is 16.0 Å². The van der Waals surface area contributed by atoms with E-state index in [0.717, 1.165) is 13.0 Å². The number of nitrogens with zero attached hydrogens (tertiary/aromatic N) is 1. The van der Waals surface area contributed by atoms with Gasteiger partial charge in [0.1, 0.15) is 5.69 Å². The van der Waals surface area contributed by atoms with Crippen LogP contribution in [0.15, 0.2) is 18.2 Å². The number of ether oxygens (including phenoxy) is 2. The fraction of sp³-hybridized carbons (Fsp3) is 0.500. The van der Waals surface area contributed by atoms with Crippen molar-refractivity contribution in [3.63, 3.8) is 0 Å². The molecule has 1 aliphatic heterocycles. The highest BCUT2D eigenvalue weighted by Crippen LogP contribution is 2.34. The Morgan fingerprint density at radius 3 is 3.06 bits per heavy atom. The minimum atomic E-state index is -0.424. The quantitative estimate of drug-likeness (QED) is 0.641. The highest BCUT2D eigenvalue weighted by molar-refractivity contribution is 5.68. The smallest absolute Gasteiger partial charge is 0.333 e. The maximum Gasteiger partial charge on any atom is 0.333 e. The summed E-state index contributed by atoms with van der Waals surface area (Å²) < 4.78 is 10.8. The highest BCUT2D eigenvalue weighted by Gasteiger charge is 2.22. The minimum Gasteiger partial charge on any atom is -0.486 e. The molecule has 1 N–H and O–H groups in total. The minimum absolute atomic E-state index is 0.0149. The van der Waals surface area contributed by atoms with Crippen molar-refractivity contribution in [2.75, 3.05) is 32.2 Å². The Kier molecular flexibility index (Phi) is 3.99. The van der Waals surface area contributed by atoms with Gasteiger partial charge in [0.25, 0.3) is 0 Å². The summed E-state index contributed by atoms with van der Waals surface area (Å²) in [6.07, 6.45) is 0.944. The van der Waals surface area contributed by atoms with Crippen molar-refractivity contribution >= 4 is 11.4 Å². The standard InChI is InChI=1S/C12H16N2O4/c1-13-10-3-2-4-11(12(10)14(15)16)18-8-9-5-6-17-7-9/h2-4,9,13H,5-8H2,1H3. The van der Waals surface area contributed by atoms with Gasteiger partial charge in [-0.1, -0.05) is 6.07 Å². The van der Waals surface area contributed by atoms with Gasteiger partial charge in [-0.3, -0.25) is 10.1 Å². The molecular formula is C12H16N2O4. The second-order valence-electron chi connectivity index (χ2n) is 4.20. The number of benzene rings is 1. The van der Waals surface area contributed by atoms with Crippen LogP contribution in [0.25, 0.3) is 0 Å². The van der Waals surface area contributed by atoms with Crippen LogP contribution in [0.1, 0.15) is 6.42 Å². The summed E-state index contributed by atoms with van der Waals surface area (Å²) in [5, 5.41) is 13.9. The fourth-order valence-electron chi connectivity index (χ4n) is 1.95. The molecule has 0 aliphatic carbocycles. The molecule has 0 radical (unpaired) electrons. The number of rotatable bonds is 5. The van der Waals surface area contributed by atoms with Gasteiger partial charge in [0, 0.05) is 19.6 Å². The molecule has 0 aromatic heterocycles. The molecule has 6 nitrogen and oxygen atoms in total. The molecule has 0 saturated carbocycles. The SMILES string of the molecule is CNc1cccc(OCC2CCOC2)c1[N+](=O)[O-]. The van der Waals surface area contributed by atoms with Crippen molar-refractivity contribution in [1.29, 1.82) is 0 Å². The van der Waals surface area contributed by atoms with Gasteiger partial charge in [-0.2, -0.15) is 0 Å². The Bertz CT molecular complexity index is 430. The number of hydrogen-bond donors (Lipinski definition) is 1. The lowest BCUT2D eigenvalue weighted by atomic mass is 10.1. The van der Waals surface area contributed by atoms with Crippen LogP contribution in [-0.2, 0) is 4.74 Å². The Morgan fingerprint density at radius 2 is 2.44 bits per heavy atom. The lowest BCUT2D eigenvalue weighted by molar-refractivity contribution is -0.385. The van der Waals surface area contributed by atoms with Gasteiger partial charge in [-0.15, -0.1) is 0 Å². The Labute approximate surface area is 105 Å². The highest BCUT2D eigenvalue weighted by atomic mass is 16.6. The Hall–Kier alpha value is -1.82. The molecule has 1 heterocycles. The predicted molar refractivity (Wildman–Crippen MR) is 67.1 cm³/mol. The molecule has 1 unspecified atom stereocenters. The third kappa shape index (κ3) is 2.70. The number of para-hydroxylation sites is 1. The summed E-state index contributed by atoms with van der Waals surface area (Å²) >= 11 is 0. The van der Waals surface area contributed by atoms with Crippen LogP contribution in [0.3, 0.4) is 0 Å². The first kappa shape index (κ1) is 12.6. The number of nitrogens with one attached hydrogen (secondary N) is 1. The van der Waals surface area contributed by atoms with E-state index >= 15 is 0 Å². The van der Waals surface area contributed by atoms with E-state index in [-0.39, 0.29) is 5.69 Å². The van der Waals surface area contributed by atoms with Crippen molar-refractivity contribution in [3.8, 4) is 5.75 Å². The molecule has 0 spiro atoms. The number of nitro groups is 1. The summed E-state index contributed by atoms with van der Waals surface area (Å²) in [5.74, 6) is 0.626. The second-order valence-corrected chi connectivity index (χ2v) is 4.20. The van der Waals surface area contributed by atoms with Crippen LogP contribution in [0.2, 0.25) is 0 Å². The monoisotopic (exact) mass is 252 g/mol. The van der Waals surface area contributed by atoms with Crippen molar-refractivity contribution in [2.24, 2.45) is 5.92 Å². The van der Waals surface area contributed by atoms with Gasteiger partial charge >= 0.3 is 5.69 Å². The Morgan fingerprint density at radius 1 is 1.61 bits per heavy atom. The summed E-state index contributed by atoms with van der Waals surface area (Å²) in [4.78, 5) is 10.6. The largest absolute Gasteiger partial charge is 0.486 e. The zero-order valence-electron chi connectivity index (χ0n) is 10.2. The van der Waals surface area contributed by atoms with E-state index in [0.29, 0.717) is 30.6 Å². The maximum absolute atomic E-state index is 11.1. The van der Waals surface area contributed by atoms with E-state index in [9.17, 15) is 10.1 Å². The molecule has 98 valence electrons. The van der Waals surface area contributed by atoms with Crippen LogP contribution in [0.5, 0.6) is 5.75 Å². The molecule has 1 atom stereocenters. The van der Waals surface area contributed by atoms with Gasteiger partial charge in [0.2, 0.25) is 0 Å². The molecule has 1 saturated heterocycles. The molecule has 6 heteroatoms. The van der Waals surface area contributed by atoms with Gasteiger partial charge < -0.3 is 14.8 Å². The van der Waals surface area contributed by atoms with Crippen molar-refractivity contribution < 1.29 is 14.4 Å². The fourth-order valence-corrected chi connectivity index (χ4v) is 1.95. The van der Waals surface area contributed by atoms with Gasteiger partial charge in [0.15, 0.2) is 5.75 Å². The summed E-state index contributed by atoms with van der Waals surface area (Å²) in [6.45, 7) is 1.86. The van der Waals surface area contributed by atoms with Crippen molar-refractivity contribution in [2.45, 2.75) is 6.42 Å². The first-order valence-corrected chi connectivity index (χ1v) is 5.88. The molecule has 18 heavy (non-hydrogen) atoms. The topological polar surface area (TPSA) is 73.6 Å². The molecule has 0 amide bonds. The van der Waals surface area contributed by atoms with E-state index < -0.39 is 4.92 Å². The van der Waals surface area contributed by atoms with E-state index in [1.54, 1.807) is 25.2 Å². The van der Waals surface area contributed by atoms with Crippen molar-refractivity contribution in [1.82, 2.24) is 0 Å². The number of nitro benzene ring substituents is 1. The molecule has 2 rings (SSSR count). The molecule has 1 aromatic rings. The third-order valence-electron chi connectivity index (χ3n) is 2.95. The third-order valence-corrected chi connectivity index (χ3v) is 2.95. The normalized spacial score (nSPS) is 18.6. The molecular weight excluding hydrogens is 236 g/mol. The molecule has 1 aromatic carbocycles. The summed E-state index contributed by atoms with van der Waals surface area (Å²) in [7, 11) is 1.65. The van der Waals surface area contributed by atoms with E-state index in [2.05, 4.69) is 5.32 Å². The average molecular weight is 252 g/mol. The van der Waals surface area contributed by atoms with Gasteiger partial charge in [0.05, 0.1) is 18.1 Å². The first-order valence-electron chi connectivity index (χ1n) is 5.88. The summed E-state index contributed by atoms with van der Waals surface area (Å²) in [6, 6.07) is 5.01. The Balaban J connectivity index is 2.13. The second kappa shape index (κ2) is 5.68. The lowest BCUT2D eigenvalue weighted by Crippen LogP contribution is -2.12. The van der Waals surface area contributed by atoms with Crippen LogP contribution < -0.4 is 10.1 Å². The molecule has 1 fully saturated rings. The molecule has 1 aliphatic rings. The zero-order chi connectivity index (χ0) is 13.0. The number of hydrogen-bond acceptors (Lipinski definition) is 5. The van der Waals surface area contributed by atoms with Crippen LogP contribution in [-0.4, -0.2) is 31.8 Å². The number of anilines is 1. The maximum atomic E-state index is 11.1. The van der Waals surface area contributed by atoms with Crippen molar-refractivity contribution in [3.05, 3.63) is 28.3 Å². The lowest BCUT2D eigenvalue weighted by Gasteiger charge is -2.12. The van der Waals surface area contributed by atoms with E-state index in [1.165, 1.54) is 0 Å². The van der Waals surface area contributed by atoms with E-state index in [4.69, 9.17) is 9.47 Å². The predicted octanol–water partition coefficient (Wildman–Crippen LogP) is 2.05. The van der Waals surface area contributed by atoms with Crippen LogP contribution in [0.4, 0.5) is 11.4 Å². The average Bonchev–Trinajstić information content (AvgIpc) is 2.88. The summed E-state index contributed by atoms with van der Waals surface area (Å²) in [5.41, 5.74) is 0.444. The van der Waals surface area contributed by atoms with Gasteiger partial charge in [-0.05, 0) is 18.6 Å². The van der Waals surface area contributed by atoms with Crippen LogP contribution >= 0.6 is 0 Å². The molecule has 0 bridgehead atoms. The first-order chi connectivity index (χ1) is 8.72. The van der Waals surface area contributed by atoms with E-state index in [1.807, 2.05) is 0 Å².